The van der Waals surface area contributed by atoms with Gasteiger partial charge in [0.15, 0.2) is 0 Å². The monoisotopic (exact) mass is 419 g/mol. The van der Waals surface area contributed by atoms with Crippen molar-refractivity contribution >= 4 is 0 Å². The van der Waals surface area contributed by atoms with E-state index in [0.717, 1.165) is 0 Å². The van der Waals surface area contributed by atoms with Gasteiger partial charge in [0.25, 0.3) is 0 Å². The maximum atomic E-state index is 2.56. The van der Waals surface area contributed by atoms with Crippen LogP contribution in [0.5, 0.6) is 0 Å². The zero-order chi connectivity index (χ0) is 21.8. The summed E-state index contributed by atoms with van der Waals surface area (Å²) in [5.74, 6) is 0. The molecule has 179 valence electrons. The smallest absolute Gasteiger partial charge is 0.0351 e. The van der Waals surface area contributed by atoms with Gasteiger partial charge < -0.3 is 0 Å². The van der Waals surface area contributed by atoms with Crippen LogP contribution in [0.25, 0.3) is 0 Å². The van der Waals surface area contributed by atoms with Gasteiger partial charge in [-0.15, -0.1) is 0 Å². The van der Waals surface area contributed by atoms with E-state index in [9.17, 15) is 0 Å². The normalized spacial score (nSPS) is 11.7. The molecule has 0 nitrogen and oxygen atoms in total. The van der Waals surface area contributed by atoms with Crippen LogP contribution in [0.1, 0.15) is 174 Å². The fraction of sp³-hybridized carbons (Fsp3) is 0.900. The molecule has 0 aliphatic heterocycles. The van der Waals surface area contributed by atoms with Crippen LogP contribution in [0, 0.1) is 6.42 Å². The molecule has 0 heterocycles. The van der Waals surface area contributed by atoms with E-state index in [1.165, 1.54) is 161 Å². The van der Waals surface area contributed by atoms with E-state index in [2.05, 4.69) is 32.4 Å². The summed E-state index contributed by atoms with van der Waals surface area (Å²) in [5.41, 5.74) is 0. The second-order valence-electron chi connectivity index (χ2n) is 9.63. The molecule has 0 amide bonds. The number of allylic oxidation sites excluding steroid dienone is 2. The van der Waals surface area contributed by atoms with Crippen LogP contribution in [0.2, 0.25) is 0 Å². The topological polar surface area (TPSA) is 0 Å². The first kappa shape index (κ1) is 29.7. The Morgan fingerprint density at radius 1 is 0.300 bits per heavy atom. The van der Waals surface area contributed by atoms with Gasteiger partial charge in [-0.2, -0.15) is 0 Å². The van der Waals surface area contributed by atoms with Gasteiger partial charge in [0.1, 0.15) is 0 Å². The van der Waals surface area contributed by atoms with Crippen LogP contribution in [-0.4, -0.2) is 0 Å². The fourth-order valence-corrected chi connectivity index (χ4v) is 4.28. The van der Waals surface area contributed by atoms with E-state index in [0.29, 0.717) is 0 Å². The molecule has 0 fully saturated rings. The first-order chi connectivity index (χ1) is 14.9. The Morgan fingerprint density at radius 3 is 0.933 bits per heavy atom. The van der Waals surface area contributed by atoms with Crippen molar-refractivity contribution < 1.29 is 0 Å². The fourth-order valence-electron chi connectivity index (χ4n) is 4.28. The van der Waals surface area contributed by atoms with Crippen molar-refractivity contribution in [3.05, 3.63) is 18.6 Å². The molecule has 0 bridgehead atoms. The number of hydrogen-bond acceptors (Lipinski definition) is 0. The second kappa shape index (κ2) is 28.7. The third-order valence-corrected chi connectivity index (χ3v) is 6.43. The van der Waals surface area contributed by atoms with Crippen molar-refractivity contribution in [2.45, 2.75) is 174 Å². The van der Waals surface area contributed by atoms with E-state index >= 15 is 0 Å². The van der Waals surface area contributed by atoms with Crippen LogP contribution in [-0.2, 0) is 0 Å². The summed E-state index contributed by atoms with van der Waals surface area (Å²) in [4.78, 5) is 0. The maximum absolute atomic E-state index is 2.56. The molecule has 0 aliphatic carbocycles. The van der Waals surface area contributed by atoms with Gasteiger partial charge in [-0.05, 0) is 32.1 Å². The summed E-state index contributed by atoms with van der Waals surface area (Å²) in [6.45, 7) is 4.59. The Kier molecular flexibility index (Phi) is 28.5. The highest BCUT2D eigenvalue weighted by atomic mass is 14.0. The van der Waals surface area contributed by atoms with Crippen molar-refractivity contribution in [2.75, 3.05) is 0 Å². The third-order valence-electron chi connectivity index (χ3n) is 6.43. The summed E-state index contributed by atoms with van der Waals surface area (Å²) < 4.78 is 0. The SMILES string of the molecule is CCCCCCCC/C=C\CCCCC[CH]CCCCCCCCCCCCCC. The lowest BCUT2D eigenvalue weighted by molar-refractivity contribution is 0.541. The van der Waals surface area contributed by atoms with Gasteiger partial charge in [-0.1, -0.05) is 161 Å². The Morgan fingerprint density at radius 2 is 0.567 bits per heavy atom. The van der Waals surface area contributed by atoms with Crippen LogP contribution in [0.3, 0.4) is 0 Å². The van der Waals surface area contributed by atoms with Crippen molar-refractivity contribution in [3.63, 3.8) is 0 Å². The molecule has 0 aromatic carbocycles. The molecule has 0 unspecified atom stereocenters. The van der Waals surface area contributed by atoms with Crippen LogP contribution in [0.15, 0.2) is 12.2 Å². The van der Waals surface area contributed by atoms with E-state index in [4.69, 9.17) is 0 Å². The van der Waals surface area contributed by atoms with Crippen molar-refractivity contribution in [1.29, 1.82) is 0 Å². The third kappa shape index (κ3) is 27.7. The molecule has 0 aliphatic rings. The maximum Gasteiger partial charge on any atom is -0.0351 e. The van der Waals surface area contributed by atoms with E-state index in [1.807, 2.05) is 0 Å². The largest absolute Gasteiger partial charge is 0.0885 e. The zero-order valence-corrected chi connectivity index (χ0v) is 21.4. The number of hydrogen-bond donors (Lipinski definition) is 0. The summed E-state index contributed by atoms with van der Waals surface area (Å²) >= 11 is 0. The van der Waals surface area contributed by atoms with Gasteiger partial charge >= 0.3 is 0 Å². The quantitative estimate of drug-likeness (QED) is 0.0965. The highest BCUT2D eigenvalue weighted by molar-refractivity contribution is 4.81. The van der Waals surface area contributed by atoms with E-state index in [1.54, 1.807) is 0 Å². The minimum Gasteiger partial charge on any atom is -0.0885 e. The average molecular weight is 420 g/mol. The van der Waals surface area contributed by atoms with Crippen LogP contribution >= 0.6 is 0 Å². The molecule has 0 heteroatoms. The van der Waals surface area contributed by atoms with Crippen molar-refractivity contribution in [3.8, 4) is 0 Å². The molecule has 30 heavy (non-hydrogen) atoms. The Bertz CT molecular complexity index is 303. The molecular formula is C30H59. The van der Waals surface area contributed by atoms with E-state index in [-0.39, 0.29) is 0 Å². The van der Waals surface area contributed by atoms with Gasteiger partial charge in [0.2, 0.25) is 0 Å². The lowest BCUT2D eigenvalue weighted by Gasteiger charge is -2.03. The standard InChI is InChI=1S/C30H59/c1-3-5-7-9-11-13-15-17-19-21-23-25-27-29-30-28-26-24-22-20-18-16-14-12-10-8-6-4-2/h17,19,30H,3-16,18,20-29H2,1-2H3/b19-17-. The molecular weight excluding hydrogens is 360 g/mol. The lowest BCUT2D eigenvalue weighted by atomic mass is 10.0. The first-order valence-electron chi connectivity index (χ1n) is 14.4. The number of rotatable bonds is 26. The molecule has 0 rings (SSSR count). The predicted molar refractivity (Wildman–Crippen MR) is 140 cm³/mol. The predicted octanol–water partition coefficient (Wildman–Crippen LogP) is 11.5. The highest BCUT2D eigenvalue weighted by Crippen LogP contribution is 2.14. The highest BCUT2D eigenvalue weighted by Gasteiger charge is 1.95. The molecule has 0 atom stereocenters. The summed E-state index contributed by atoms with van der Waals surface area (Å²) in [7, 11) is 0. The summed E-state index contributed by atoms with van der Waals surface area (Å²) in [6, 6.07) is 0. The lowest BCUT2D eigenvalue weighted by Crippen LogP contribution is -1.84. The van der Waals surface area contributed by atoms with Gasteiger partial charge in [0.05, 0.1) is 0 Å². The Hall–Kier alpha value is -0.260. The average Bonchev–Trinajstić information content (AvgIpc) is 2.76. The van der Waals surface area contributed by atoms with Crippen LogP contribution < -0.4 is 0 Å². The van der Waals surface area contributed by atoms with Crippen LogP contribution in [0.4, 0.5) is 0 Å². The molecule has 0 aromatic rings. The van der Waals surface area contributed by atoms with Gasteiger partial charge in [-0.3, -0.25) is 0 Å². The Balaban J connectivity index is 3.04. The first-order valence-corrected chi connectivity index (χ1v) is 14.4. The minimum atomic E-state index is 1.30. The van der Waals surface area contributed by atoms with Gasteiger partial charge in [0, 0.05) is 0 Å². The second-order valence-corrected chi connectivity index (χ2v) is 9.63. The molecule has 0 spiro atoms. The zero-order valence-electron chi connectivity index (χ0n) is 21.4. The molecule has 0 saturated carbocycles. The Labute approximate surface area is 193 Å². The molecule has 0 N–H and O–H groups in total. The molecule has 1 radical (unpaired) electrons. The van der Waals surface area contributed by atoms with Crippen molar-refractivity contribution in [1.82, 2.24) is 0 Å². The summed E-state index contributed by atoms with van der Waals surface area (Å²) in [6.07, 6.45) is 42.9. The minimum absolute atomic E-state index is 1.30. The number of unbranched alkanes of at least 4 members (excludes halogenated alkanes) is 24. The molecule has 0 saturated heterocycles. The molecule has 0 aromatic heterocycles. The van der Waals surface area contributed by atoms with Crippen molar-refractivity contribution in [2.24, 2.45) is 0 Å². The summed E-state index contributed by atoms with van der Waals surface area (Å²) in [5, 5.41) is 0. The van der Waals surface area contributed by atoms with E-state index < -0.39 is 0 Å². The van der Waals surface area contributed by atoms with Gasteiger partial charge in [-0.25, -0.2) is 0 Å².